The van der Waals surface area contributed by atoms with Crippen molar-refractivity contribution >= 4 is 51.1 Å². The summed E-state index contributed by atoms with van der Waals surface area (Å²) in [7, 11) is 0. The van der Waals surface area contributed by atoms with Crippen molar-refractivity contribution < 1.29 is 14.5 Å². The van der Waals surface area contributed by atoms with Crippen molar-refractivity contribution in [2.75, 3.05) is 36.5 Å². The van der Waals surface area contributed by atoms with Crippen molar-refractivity contribution in [3.8, 4) is 0 Å². The van der Waals surface area contributed by atoms with E-state index in [1.54, 1.807) is 23.7 Å². The Morgan fingerprint density at radius 1 is 1.38 bits per heavy atom. The summed E-state index contributed by atoms with van der Waals surface area (Å²) < 4.78 is 5.27. The maximum Gasteiger partial charge on any atom is 0.293 e. The number of ether oxygens (including phenoxy) is 1. The molecule has 0 radical (unpaired) electrons. The van der Waals surface area contributed by atoms with E-state index in [0.29, 0.717) is 37.1 Å². The minimum atomic E-state index is -0.532. The minimum Gasteiger partial charge on any atom is -0.378 e. The van der Waals surface area contributed by atoms with E-state index < -0.39 is 10.8 Å². The number of hydrogen-bond acceptors (Lipinski definition) is 8. The molecular weight excluding hydrogens is 378 g/mol. The van der Waals surface area contributed by atoms with Crippen molar-refractivity contribution in [1.29, 1.82) is 0 Å². The number of carbonyl (C=O) groups excluding carboxylic acids is 1. The standard InChI is InChI=1S/C15H15N5O4S2/c21-13(17-14(25)18-15-16-3-8-26-15)10-1-2-11(12(9-10)20(22)23)19-4-6-24-7-5-19/h1-3,8-9H,4-7H2,(H2,16,17,18,21,25). The molecule has 0 bridgehead atoms. The number of aromatic nitrogens is 1. The first kappa shape index (κ1) is 18.2. The van der Waals surface area contributed by atoms with Gasteiger partial charge in [-0.3, -0.25) is 20.2 Å². The molecular formula is C15H15N5O4S2. The van der Waals surface area contributed by atoms with E-state index in [1.165, 1.54) is 17.4 Å². The molecule has 1 amide bonds. The van der Waals surface area contributed by atoms with Crippen LogP contribution in [0.25, 0.3) is 0 Å². The van der Waals surface area contributed by atoms with Gasteiger partial charge in [0.15, 0.2) is 10.2 Å². The topological polar surface area (TPSA) is 110 Å². The third-order valence-electron chi connectivity index (χ3n) is 3.67. The summed E-state index contributed by atoms with van der Waals surface area (Å²) in [6.07, 6.45) is 1.60. The first-order valence-electron chi connectivity index (χ1n) is 7.67. The minimum absolute atomic E-state index is 0.0739. The van der Waals surface area contributed by atoms with Crippen LogP contribution in [0.15, 0.2) is 29.8 Å². The van der Waals surface area contributed by atoms with E-state index in [1.807, 2.05) is 4.90 Å². The number of benzene rings is 1. The number of anilines is 2. The Morgan fingerprint density at radius 2 is 2.15 bits per heavy atom. The molecule has 1 aliphatic heterocycles. The molecule has 0 saturated carbocycles. The van der Waals surface area contributed by atoms with Gasteiger partial charge in [-0.15, -0.1) is 11.3 Å². The SMILES string of the molecule is O=C(NC(=S)Nc1nccs1)c1ccc(N2CCOCC2)c([N+](=O)[O-])c1. The Hall–Kier alpha value is -2.63. The van der Waals surface area contributed by atoms with Crippen LogP contribution in [0.5, 0.6) is 0 Å². The van der Waals surface area contributed by atoms with Crippen molar-refractivity contribution in [2.24, 2.45) is 0 Å². The second kappa shape index (κ2) is 8.17. The van der Waals surface area contributed by atoms with E-state index in [0.717, 1.165) is 0 Å². The zero-order chi connectivity index (χ0) is 18.5. The molecule has 1 aromatic carbocycles. The number of rotatable bonds is 4. The van der Waals surface area contributed by atoms with Gasteiger partial charge in [0.25, 0.3) is 11.6 Å². The van der Waals surface area contributed by atoms with E-state index in [4.69, 9.17) is 17.0 Å². The van der Waals surface area contributed by atoms with Gasteiger partial charge in [-0.1, -0.05) is 0 Å². The number of morpholine rings is 1. The molecule has 0 spiro atoms. The number of thiocarbonyl (C=S) groups is 1. The largest absolute Gasteiger partial charge is 0.378 e. The summed E-state index contributed by atoms with van der Waals surface area (Å²) in [5.41, 5.74) is 0.494. The smallest absolute Gasteiger partial charge is 0.293 e. The first-order valence-corrected chi connectivity index (χ1v) is 8.96. The molecule has 0 unspecified atom stereocenters. The van der Waals surface area contributed by atoms with Crippen LogP contribution in [-0.2, 0) is 4.74 Å². The summed E-state index contributed by atoms with van der Waals surface area (Å²) in [5.74, 6) is -0.532. The molecule has 1 aliphatic rings. The Balaban J connectivity index is 1.74. The normalized spacial score (nSPS) is 13.9. The molecule has 1 aromatic heterocycles. The number of thiazole rings is 1. The lowest BCUT2D eigenvalue weighted by Gasteiger charge is -2.28. The van der Waals surface area contributed by atoms with E-state index in [9.17, 15) is 14.9 Å². The van der Waals surface area contributed by atoms with Gasteiger partial charge in [-0.2, -0.15) is 0 Å². The van der Waals surface area contributed by atoms with Gasteiger partial charge >= 0.3 is 0 Å². The Morgan fingerprint density at radius 3 is 2.81 bits per heavy atom. The van der Waals surface area contributed by atoms with Crippen LogP contribution in [-0.4, -0.2) is 47.2 Å². The fraction of sp³-hybridized carbons (Fsp3) is 0.267. The summed E-state index contributed by atoms with van der Waals surface area (Å²) in [4.78, 5) is 29.2. The highest BCUT2D eigenvalue weighted by atomic mass is 32.1. The van der Waals surface area contributed by atoms with Gasteiger partial charge < -0.3 is 15.0 Å². The number of nitrogens with zero attached hydrogens (tertiary/aromatic N) is 3. The van der Waals surface area contributed by atoms with Crippen LogP contribution in [0.3, 0.4) is 0 Å². The highest BCUT2D eigenvalue weighted by molar-refractivity contribution is 7.80. The lowest BCUT2D eigenvalue weighted by Crippen LogP contribution is -2.37. The number of nitro benzene ring substituents is 1. The zero-order valence-electron chi connectivity index (χ0n) is 13.5. The number of hydrogen-bond donors (Lipinski definition) is 2. The maximum atomic E-state index is 12.3. The number of carbonyl (C=O) groups is 1. The summed E-state index contributed by atoms with van der Waals surface area (Å²) in [6, 6.07) is 4.38. The predicted molar refractivity (Wildman–Crippen MR) is 102 cm³/mol. The molecule has 1 saturated heterocycles. The summed E-state index contributed by atoms with van der Waals surface area (Å²) >= 11 is 6.39. The molecule has 2 N–H and O–H groups in total. The average molecular weight is 393 g/mol. The number of amides is 1. The Bertz CT molecular complexity index is 821. The quantitative estimate of drug-likeness (QED) is 0.461. The van der Waals surface area contributed by atoms with Crippen LogP contribution in [0.4, 0.5) is 16.5 Å². The van der Waals surface area contributed by atoms with Crippen LogP contribution >= 0.6 is 23.6 Å². The zero-order valence-corrected chi connectivity index (χ0v) is 15.1. The van der Waals surface area contributed by atoms with Gasteiger partial charge in [0.1, 0.15) is 5.69 Å². The lowest BCUT2D eigenvalue weighted by atomic mass is 10.1. The second-order valence-electron chi connectivity index (χ2n) is 5.31. The van der Waals surface area contributed by atoms with E-state index in [2.05, 4.69) is 15.6 Å². The van der Waals surface area contributed by atoms with Crippen molar-refractivity contribution in [3.05, 3.63) is 45.5 Å². The van der Waals surface area contributed by atoms with E-state index >= 15 is 0 Å². The summed E-state index contributed by atoms with van der Waals surface area (Å²) in [6.45, 7) is 2.15. The van der Waals surface area contributed by atoms with Gasteiger partial charge in [0, 0.05) is 36.3 Å². The fourth-order valence-electron chi connectivity index (χ4n) is 2.47. The predicted octanol–water partition coefficient (Wildman–Crippen LogP) is 2.01. The van der Waals surface area contributed by atoms with Crippen LogP contribution < -0.4 is 15.5 Å². The van der Waals surface area contributed by atoms with Crippen LogP contribution in [0.2, 0.25) is 0 Å². The van der Waals surface area contributed by atoms with Crippen molar-refractivity contribution in [2.45, 2.75) is 0 Å². The highest BCUT2D eigenvalue weighted by Crippen LogP contribution is 2.29. The molecule has 2 heterocycles. The molecule has 0 atom stereocenters. The highest BCUT2D eigenvalue weighted by Gasteiger charge is 2.23. The first-order chi connectivity index (χ1) is 12.5. The second-order valence-corrected chi connectivity index (χ2v) is 6.61. The van der Waals surface area contributed by atoms with Gasteiger partial charge in [-0.25, -0.2) is 4.98 Å². The molecule has 136 valence electrons. The molecule has 1 fully saturated rings. The maximum absolute atomic E-state index is 12.3. The van der Waals surface area contributed by atoms with Gasteiger partial charge in [0.2, 0.25) is 0 Å². The molecule has 2 aromatic rings. The van der Waals surface area contributed by atoms with Gasteiger partial charge in [0.05, 0.1) is 18.1 Å². The van der Waals surface area contributed by atoms with Gasteiger partial charge in [-0.05, 0) is 24.4 Å². The van der Waals surface area contributed by atoms with E-state index in [-0.39, 0.29) is 16.4 Å². The molecule has 11 heteroatoms. The molecule has 26 heavy (non-hydrogen) atoms. The Labute approximate surface area is 158 Å². The number of nitro groups is 1. The third-order valence-corrected chi connectivity index (χ3v) is 4.56. The molecule has 0 aliphatic carbocycles. The monoisotopic (exact) mass is 393 g/mol. The number of nitrogens with one attached hydrogen (secondary N) is 2. The average Bonchev–Trinajstić information content (AvgIpc) is 3.14. The summed E-state index contributed by atoms with van der Waals surface area (Å²) in [5, 5.41) is 19.1. The molecule has 3 rings (SSSR count). The van der Waals surface area contributed by atoms with Crippen LogP contribution in [0, 0.1) is 10.1 Å². The van der Waals surface area contributed by atoms with Crippen molar-refractivity contribution in [1.82, 2.24) is 10.3 Å². The Kier molecular flexibility index (Phi) is 5.71. The van der Waals surface area contributed by atoms with Crippen LogP contribution in [0.1, 0.15) is 10.4 Å². The van der Waals surface area contributed by atoms with Crippen molar-refractivity contribution in [3.63, 3.8) is 0 Å². The molecule has 9 nitrogen and oxygen atoms in total. The third kappa shape index (κ3) is 4.31. The fourth-order valence-corrected chi connectivity index (χ4v) is 3.26. The lowest BCUT2D eigenvalue weighted by molar-refractivity contribution is -0.384.